The van der Waals surface area contributed by atoms with E-state index in [1.807, 2.05) is 0 Å². The van der Waals surface area contributed by atoms with Gasteiger partial charge in [-0.3, -0.25) is 0 Å². The van der Waals surface area contributed by atoms with Crippen molar-refractivity contribution in [3.8, 4) is 5.75 Å². The van der Waals surface area contributed by atoms with Crippen LogP contribution in [0.2, 0.25) is 10.0 Å². The van der Waals surface area contributed by atoms with Crippen LogP contribution in [0.1, 0.15) is 15.9 Å². The number of carbonyl (C=O) groups is 1. The molecule has 0 saturated heterocycles. The Labute approximate surface area is 125 Å². The van der Waals surface area contributed by atoms with Gasteiger partial charge in [0.1, 0.15) is 5.75 Å². The van der Waals surface area contributed by atoms with Crippen LogP contribution in [0.4, 0.5) is 0 Å². The number of hydrogen-bond donors (Lipinski definition) is 1. The van der Waals surface area contributed by atoms with Crippen molar-refractivity contribution in [1.82, 2.24) is 0 Å². The molecular weight excluding hydrogens is 301 g/mol. The number of rotatable bonds is 3. The number of nitrogens with zero attached hydrogens (tertiary/aromatic N) is 1. The van der Waals surface area contributed by atoms with Gasteiger partial charge in [0, 0.05) is 5.02 Å². The van der Waals surface area contributed by atoms with Crippen molar-refractivity contribution >= 4 is 35.4 Å². The van der Waals surface area contributed by atoms with Crippen LogP contribution < -0.4 is 4.74 Å². The van der Waals surface area contributed by atoms with Gasteiger partial charge in [0.2, 0.25) is 0 Å². The highest BCUT2D eigenvalue weighted by molar-refractivity contribution is 6.36. The number of esters is 1. The second-order valence-electron chi connectivity index (χ2n) is 3.83. The normalized spacial score (nSPS) is 10.7. The average molecular weight is 310 g/mol. The molecule has 2 aromatic rings. The Morgan fingerprint density at radius 2 is 1.85 bits per heavy atom. The number of oxime groups is 1. The van der Waals surface area contributed by atoms with Crippen molar-refractivity contribution in [3.63, 3.8) is 0 Å². The summed E-state index contributed by atoms with van der Waals surface area (Å²) in [7, 11) is 0. The van der Waals surface area contributed by atoms with Gasteiger partial charge in [0.05, 0.1) is 16.8 Å². The number of hydrogen-bond acceptors (Lipinski definition) is 4. The van der Waals surface area contributed by atoms with Gasteiger partial charge >= 0.3 is 5.97 Å². The van der Waals surface area contributed by atoms with Crippen LogP contribution in [0.3, 0.4) is 0 Å². The zero-order chi connectivity index (χ0) is 14.5. The largest absolute Gasteiger partial charge is 0.423 e. The molecule has 0 radical (unpaired) electrons. The van der Waals surface area contributed by atoms with E-state index in [4.69, 9.17) is 33.1 Å². The molecule has 20 heavy (non-hydrogen) atoms. The van der Waals surface area contributed by atoms with Crippen molar-refractivity contribution in [2.45, 2.75) is 0 Å². The summed E-state index contributed by atoms with van der Waals surface area (Å²) < 4.78 is 5.18. The van der Waals surface area contributed by atoms with Crippen LogP contribution in [-0.2, 0) is 0 Å². The molecule has 102 valence electrons. The van der Waals surface area contributed by atoms with Gasteiger partial charge in [-0.05, 0) is 48.0 Å². The first-order chi connectivity index (χ1) is 9.60. The fraction of sp³-hybridized carbons (Fsp3) is 0. The van der Waals surface area contributed by atoms with Crippen molar-refractivity contribution < 1.29 is 14.7 Å². The van der Waals surface area contributed by atoms with Gasteiger partial charge < -0.3 is 9.94 Å². The highest BCUT2D eigenvalue weighted by atomic mass is 35.5. The van der Waals surface area contributed by atoms with Gasteiger partial charge in [-0.25, -0.2) is 4.79 Å². The van der Waals surface area contributed by atoms with E-state index in [9.17, 15) is 4.79 Å². The minimum atomic E-state index is -0.574. The fourth-order valence-corrected chi connectivity index (χ4v) is 1.99. The van der Waals surface area contributed by atoms with Crippen molar-refractivity contribution in [1.29, 1.82) is 0 Å². The Bertz CT molecular complexity index is 654. The lowest BCUT2D eigenvalue weighted by atomic mass is 10.2. The Balaban J connectivity index is 2.14. The molecule has 0 aliphatic rings. The monoisotopic (exact) mass is 309 g/mol. The van der Waals surface area contributed by atoms with E-state index in [0.29, 0.717) is 16.3 Å². The Morgan fingerprint density at radius 1 is 1.15 bits per heavy atom. The molecule has 0 bridgehead atoms. The summed E-state index contributed by atoms with van der Waals surface area (Å²) in [4.78, 5) is 11.9. The first-order valence-corrected chi connectivity index (χ1v) is 6.30. The predicted molar refractivity (Wildman–Crippen MR) is 77.2 cm³/mol. The van der Waals surface area contributed by atoms with Crippen molar-refractivity contribution in [2.75, 3.05) is 0 Å². The lowest BCUT2D eigenvalue weighted by molar-refractivity contribution is 0.0735. The predicted octanol–water partition coefficient (Wildman–Crippen LogP) is 4.02. The Kier molecular flexibility index (Phi) is 4.61. The first-order valence-electron chi connectivity index (χ1n) is 5.55. The van der Waals surface area contributed by atoms with Gasteiger partial charge in [0.15, 0.2) is 0 Å². The van der Waals surface area contributed by atoms with Crippen LogP contribution in [0.15, 0.2) is 47.6 Å². The second kappa shape index (κ2) is 6.41. The van der Waals surface area contributed by atoms with Gasteiger partial charge in [0.25, 0.3) is 0 Å². The fourth-order valence-electron chi connectivity index (χ4n) is 1.51. The van der Waals surface area contributed by atoms with Gasteiger partial charge in [-0.2, -0.15) is 0 Å². The maximum absolute atomic E-state index is 11.9. The second-order valence-corrected chi connectivity index (χ2v) is 4.67. The third-order valence-corrected chi connectivity index (χ3v) is 3.00. The van der Waals surface area contributed by atoms with Crippen LogP contribution in [-0.4, -0.2) is 17.4 Å². The number of halogens is 2. The number of ether oxygens (including phenoxy) is 1. The molecule has 4 nitrogen and oxygen atoms in total. The molecule has 1 N–H and O–H groups in total. The van der Waals surface area contributed by atoms with Crippen LogP contribution >= 0.6 is 23.2 Å². The van der Waals surface area contributed by atoms with Gasteiger partial charge in [-0.15, -0.1) is 0 Å². The third kappa shape index (κ3) is 3.50. The number of benzene rings is 2. The summed E-state index contributed by atoms with van der Waals surface area (Å²) >= 11 is 11.7. The molecule has 2 aromatic carbocycles. The highest BCUT2D eigenvalue weighted by Gasteiger charge is 2.13. The van der Waals surface area contributed by atoms with E-state index in [2.05, 4.69) is 5.16 Å². The lowest BCUT2D eigenvalue weighted by Crippen LogP contribution is -2.09. The molecular formula is C14H9Cl2NO3. The summed E-state index contributed by atoms with van der Waals surface area (Å²) in [6.45, 7) is 0. The molecule has 0 aliphatic carbocycles. The summed E-state index contributed by atoms with van der Waals surface area (Å²) in [6.07, 6.45) is 1.27. The Hall–Kier alpha value is -2.04. The Morgan fingerprint density at radius 3 is 2.45 bits per heavy atom. The molecule has 0 aliphatic heterocycles. The van der Waals surface area contributed by atoms with Crippen LogP contribution in [0.25, 0.3) is 0 Å². The van der Waals surface area contributed by atoms with Crippen LogP contribution in [0.5, 0.6) is 5.75 Å². The smallest absolute Gasteiger partial charge is 0.345 e. The van der Waals surface area contributed by atoms with E-state index in [-0.39, 0.29) is 10.6 Å². The van der Waals surface area contributed by atoms with Gasteiger partial charge in [-0.1, -0.05) is 28.4 Å². The molecule has 0 amide bonds. The molecule has 0 fully saturated rings. The third-order valence-electron chi connectivity index (χ3n) is 2.45. The minimum Gasteiger partial charge on any atom is -0.423 e. The van der Waals surface area contributed by atoms with E-state index in [0.717, 1.165) is 0 Å². The summed E-state index contributed by atoms with van der Waals surface area (Å²) in [5.74, 6) is -0.216. The summed E-state index contributed by atoms with van der Waals surface area (Å²) in [5.41, 5.74) is 0.911. The van der Waals surface area contributed by atoms with E-state index < -0.39 is 5.97 Å². The SMILES string of the molecule is O=C(Oc1ccc(/C=N/O)cc1)c1ccc(Cl)cc1Cl. The van der Waals surface area contributed by atoms with Crippen LogP contribution in [0, 0.1) is 0 Å². The maximum Gasteiger partial charge on any atom is 0.345 e. The lowest BCUT2D eigenvalue weighted by Gasteiger charge is -2.06. The topological polar surface area (TPSA) is 58.9 Å². The molecule has 0 spiro atoms. The van der Waals surface area contributed by atoms with Crippen molar-refractivity contribution in [2.24, 2.45) is 5.16 Å². The van der Waals surface area contributed by atoms with Crippen molar-refractivity contribution in [3.05, 3.63) is 63.6 Å². The average Bonchev–Trinajstić information content (AvgIpc) is 2.41. The molecule has 6 heteroatoms. The zero-order valence-corrected chi connectivity index (χ0v) is 11.6. The first kappa shape index (κ1) is 14.4. The molecule has 0 saturated carbocycles. The summed E-state index contributed by atoms with van der Waals surface area (Å²) in [5, 5.41) is 12.0. The molecule has 0 atom stereocenters. The minimum absolute atomic E-state index is 0.228. The standard InChI is InChI=1S/C14H9Cl2NO3/c15-10-3-6-12(13(16)7-10)14(18)20-11-4-1-9(2-5-11)8-17-19/h1-8,19H/b17-8+. The molecule has 0 heterocycles. The highest BCUT2D eigenvalue weighted by Crippen LogP contribution is 2.22. The molecule has 2 rings (SSSR count). The van der Waals surface area contributed by atoms with E-state index in [1.165, 1.54) is 18.3 Å². The molecule has 0 aromatic heterocycles. The maximum atomic E-state index is 11.9. The zero-order valence-electron chi connectivity index (χ0n) is 10.1. The van der Waals surface area contributed by atoms with E-state index in [1.54, 1.807) is 30.3 Å². The van der Waals surface area contributed by atoms with E-state index >= 15 is 0 Å². The molecule has 0 unspecified atom stereocenters. The quantitative estimate of drug-likeness (QED) is 0.306. The summed E-state index contributed by atoms with van der Waals surface area (Å²) in [6, 6.07) is 11.0. The number of carbonyl (C=O) groups excluding carboxylic acids is 1.